The quantitative estimate of drug-likeness (QED) is 0.0333. The van der Waals surface area contributed by atoms with Crippen molar-refractivity contribution >= 4 is 36.1 Å². The molecular weight excluding hydrogens is 1120 g/mol. The fourth-order valence-corrected chi connectivity index (χ4v) is 15.1. The van der Waals surface area contributed by atoms with Crippen LogP contribution in [0.2, 0.25) is 0 Å². The van der Waals surface area contributed by atoms with Crippen molar-refractivity contribution in [2.24, 2.45) is 64.6 Å². The van der Waals surface area contributed by atoms with Gasteiger partial charge in [0.1, 0.15) is 26.4 Å². The van der Waals surface area contributed by atoms with Gasteiger partial charge in [-0.05, 0) is 188 Å². The van der Waals surface area contributed by atoms with Gasteiger partial charge < -0.3 is 62.7 Å². The topological polar surface area (TPSA) is 228 Å². The number of amides is 2. The van der Waals surface area contributed by atoms with Gasteiger partial charge >= 0.3 is 36.1 Å². The monoisotopic (exact) mass is 1230 g/mol. The molecular formula is C68H116N2O17. The van der Waals surface area contributed by atoms with Gasteiger partial charge in [-0.1, -0.05) is 58.3 Å². The molecule has 2 amide bonds. The second kappa shape index (κ2) is 41.6. The lowest BCUT2D eigenvalue weighted by Crippen LogP contribution is -2.39. The Kier molecular flexibility index (Phi) is 34.5. The van der Waals surface area contributed by atoms with Crippen LogP contribution < -0.4 is 10.6 Å². The van der Waals surface area contributed by atoms with Gasteiger partial charge in [0.15, 0.2) is 0 Å². The summed E-state index contributed by atoms with van der Waals surface area (Å²) in [6.07, 6.45) is 30.9. The summed E-state index contributed by atoms with van der Waals surface area (Å²) in [7, 11) is 4.51. The Hall–Kier alpha value is -3.78. The van der Waals surface area contributed by atoms with E-state index in [0.29, 0.717) is 132 Å². The van der Waals surface area contributed by atoms with Crippen molar-refractivity contribution in [1.82, 2.24) is 10.6 Å². The van der Waals surface area contributed by atoms with Gasteiger partial charge in [0.25, 0.3) is 0 Å². The molecule has 6 aliphatic carbocycles. The number of carbonyl (C=O) groups excluding carboxylic acids is 6. The molecule has 0 aromatic rings. The average molecular weight is 1230 g/mol. The predicted octanol–water partition coefficient (Wildman–Crippen LogP) is 12.1. The normalized spacial score (nSPS) is 28.5. The van der Waals surface area contributed by atoms with E-state index in [1.165, 1.54) is 46.3 Å². The Balaban J connectivity index is 0.807. The van der Waals surface area contributed by atoms with E-state index in [1.54, 1.807) is 7.11 Å². The van der Waals surface area contributed by atoms with Crippen molar-refractivity contribution in [1.29, 1.82) is 0 Å². The van der Waals surface area contributed by atoms with E-state index in [0.717, 1.165) is 147 Å². The highest BCUT2D eigenvalue weighted by Crippen LogP contribution is 2.42. The molecule has 500 valence electrons. The summed E-state index contributed by atoms with van der Waals surface area (Å²) < 4.78 is 60.6. The number of esters is 4. The van der Waals surface area contributed by atoms with Crippen LogP contribution in [0.25, 0.3) is 0 Å². The second-order valence-corrected chi connectivity index (χ2v) is 27.3. The fraction of sp³-hybridized carbons (Fsp3) is 0.912. The minimum absolute atomic E-state index is 0.0432. The molecule has 0 radical (unpaired) electrons. The molecule has 0 bridgehead atoms. The fourth-order valence-electron chi connectivity index (χ4n) is 15.1. The Morgan fingerprint density at radius 1 is 0.322 bits per heavy atom. The van der Waals surface area contributed by atoms with Crippen molar-refractivity contribution < 1.29 is 80.9 Å². The van der Waals surface area contributed by atoms with Gasteiger partial charge in [-0.25, -0.2) is 9.59 Å². The number of hydrogen-bond acceptors (Lipinski definition) is 17. The SMILES string of the molecule is CCC(COCCOCCOCCOCCOC)(COC(=O)CC1CCC(CC2CCC(CC(=O)OC)CC2)CC1)COC(=O)CC1CCC(CC2CCC(CC(=O)OCCOC(=O)NC3CCC(CC4CCC(NC(=O)OC)CC4)CC3)CC2)CC1. The minimum atomic E-state index is -0.687. The third-order valence-corrected chi connectivity index (χ3v) is 20.8. The van der Waals surface area contributed by atoms with Crippen LogP contribution in [0.3, 0.4) is 0 Å². The molecule has 1 atom stereocenters. The molecule has 19 nitrogen and oxygen atoms in total. The molecule has 0 saturated heterocycles. The van der Waals surface area contributed by atoms with Gasteiger partial charge in [-0.2, -0.15) is 0 Å². The first kappa shape index (κ1) is 72.3. The molecule has 6 saturated carbocycles. The molecule has 0 heterocycles. The van der Waals surface area contributed by atoms with Crippen molar-refractivity contribution in [3.63, 3.8) is 0 Å². The maximum atomic E-state index is 13.5. The minimum Gasteiger partial charge on any atom is -0.469 e. The Morgan fingerprint density at radius 3 is 0.989 bits per heavy atom. The van der Waals surface area contributed by atoms with Crippen molar-refractivity contribution in [2.45, 2.75) is 224 Å². The van der Waals surface area contributed by atoms with Gasteiger partial charge in [0.2, 0.25) is 0 Å². The van der Waals surface area contributed by atoms with E-state index in [-0.39, 0.29) is 81.0 Å². The highest BCUT2D eigenvalue weighted by Gasteiger charge is 2.36. The van der Waals surface area contributed by atoms with E-state index in [1.807, 2.05) is 6.92 Å². The molecule has 2 N–H and O–H groups in total. The largest absolute Gasteiger partial charge is 0.469 e. The summed E-state index contributed by atoms with van der Waals surface area (Å²) in [5.74, 6) is 4.71. The first-order valence-corrected chi connectivity index (χ1v) is 34.4. The smallest absolute Gasteiger partial charge is 0.407 e. The number of hydrogen-bond donors (Lipinski definition) is 2. The highest BCUT2D eigenvalue weighted by atomic mass is 16.6. The van der Waals surface area contributed by atoms with Gasteiger partial charge in [-0.3, -0.25) is 19.2 Å². The standard InChI is InChI=1S/C68H116N2O17/c1-5-68(47-83-37-36-82-35-34-81-33-32-80-31-30-77-2,48-86-64(73)45-58-18-10-52(11-19-58)40-50-6-14-56(15-7-50)43-62(71)78-3)49-87-65(74)46-59-20-12-53(13-21-59)41-51-8-16-57(17-9-51)44-63(72)84-38-39-85-67(76)70-61-28-24-55(25-29-61)42-54-22-26-60(27-23-54)69-66(75)79-4/h50-61H,5-49H2,1-4H3,(H,69,75)(H,70,76). The summed E-state index contributed by atoms with van der Waals surface area (Å²) in [5, 5.41) is 5.96. The maximum Gasteiger partial charge on any atom is 0.407 e. The summed E-state index contributed by atoms with van der Waals surface area (Å²) >= 11 is 0. The first-order chi connectivity index (χ1) is 42.3. The average Bonchev–Trinajstić information content (AvgIpc) is 3.72. The van der Waals surface area contributed by atoms with Crippen molar-refractivity contribution in [3.8, 4) is 0 Å². The number of carbonyl (C=O) groups is 6. The molecule has 6 fully saturated rings. The van der Waals surface area contributed by atoms with Gasteiger partial charge in [-0.15, -0.1) is 0 Å². The lowest BCUT2D eigenvalue weighted by atomic mass is 9.72. The van der Waals surface area contributed by atoms with Crippen LogP contribution in [-0.4, -0.2) is 155 Å². The summed E-state index contributed by atoms with van der Waals surface area (Å²) in [6.45, 7) is 6.29. The highest BCUT2D eigenvalue weighted by molar-refractivity contribution is 5.71. The molecule has 6 aliphatic rings. The van der Waals surface area contributed by atoms with E-state index in [2.05, 4.69) is 10.6 Å². The lowest BCUT2D eigenvalue weighted by molar-refractivity contribution is -0.160. The maximum absolute atomic E-state index is 13.5. The van der Waals surface area contributed by atoms with E-state index >= 15 is 0 Å². The van der Waals surface area contributed by atoms with Crippen LogP contribution >= 0.6 is 0 Å². The molecule has 0 aromatic carbocycles. The molecule has 0 aromatic heterocycles. The van der Waals surface area contributed by atoms with Crippen LogP contribution in [0.1, 0.15) is 212 Å². The Labute approximate surface area is 521 Å². The van der Waals surface area contributed by atoms with E-state index in [4.69, 9.17) is 52.1 Å². The van der Waals surface area contributed by atoms with Gasteiger partial charge in [0.05, 0.1) is 79.1 Å². The summed E-state index contributed by atoms with van der Waals surface area (Å²) in [5.41, 5.74) is -0.687. The van der Waals surface area contributed by atoms with Crippen LogP contribution in [0.4, 0.5) is 9.59 Å². The Bertz CT molecular complexity index is 1930. The molecule has 0 aliphatic heterocycles. The summed E-state index contributed by atoms with van der Waals surface area (Å²) in [4.78, 5) is 75.7. The number of alkyl carbamates (subject to hydrolysis) is 2. The first-order valence-electron chi connectivity index (χ1n) is 34.4. The van der Waals surface area contributed by atoms with E-state index < -0.39 is 11.5 Å². The molecule has 0 spiro atoms. The third-order valence-electron chi connectivity index (χ3n) is 20.8. The molecule has 6 rings (SSSR count). The predicted molar refractivity (Wildman–Crippen MR) is 328 cm³/mol. The zero-order valence-electron chi connectivity index (χ0n) is 54.2. The number of nitrogens with one attached hydrogen (secondary N) is 2. The zero-order chi connectivity index (χ0) is 61.9. The number of ether oxygens (including phenoxy) is 11. The van der Waals surface area contributed by atoms with Gasteiger partial charge in [0, 0.05) is 44.9 Å². The molecule has 87 heavy (non-hydrogen) atoms. The lowest BCUT2D eigenvalue weighted by Gasteiger charge is -2.34. The van der Waals surface area contributed by atoms with Crippen LogP contribution in [0.15, 0.2) is 0 Å². The van der Waals surface area contributed by atoms with E-state index in [9.17, 15) is 28.8 Å². The summed E-state index contributed by atoms with van der Waals surface area (Å²) in [6, 6.07) is 0.320. The van der Waals surface area contributed by atoms with Crippen LogP contribution in [-0.2, 0) is 71.3 Å². The number of rotatable bonds is 38. The zero-order valence-corrected chi connectivity index (χ0v) is 54.2. The van der Waals surface area contributed by atoms with Crippen molar-refractivity contribution in [2.75, 3.05) is 107 Å². The van der Waals surface area contributed by atoms with Crippen LogP contribution in [0.5, 0.6) is 0 Å². The Morgan fingerprint density at radius 2 is 0.632 bits per heavy atom. The van der Waals surface area contributed by atoms with Crippen molar-refractivity contribution in [3.05, 3.63) is 0 Å². The van der Waals surface area contributed by atoms with Crippen LogP contribution in [0, 0.1) is 64.6 Å². The third kappa shape index (κ3) is 29.4. The molecule has 19 heteroatoms. The second-order valence-electron chi connectivity index (χ2n) is 27.3. The number of methoxy groups -OCH3 is 3. The molecule has 1 unspecified atom stereocenters.